The number of benzene rings is 1. The van der Waals surface area contributed by atoms with Gasteiger partial charge in [-0.2, -0.15) is 10.1 Å². The van der Waals surface area contributed by atoms with Crippen LogP contribution in [0, 0.1) is 0 Å². The zero-order valence-corrected chi connectivity index (χ0v) is 16.5. The van der Waals surface area contributed by atoms with E-state index in [4.69, 9.17) is 9.26 Å². The number of ether oxygens (including phenoxy) is 1. The maximum absolute atomic E-state index is 11.6. The lowest BCUT2D eigenvalue weighted by atomic mass is 9.99. The number of carbonyl (C=O) groups is 1. The first-order valence-corrected chi connectivity index (χ1v) is 9.96. The number of likely N-dealkylation sites (tertiary alicyclic amines) is 1. The Kier molecular flexibility index (Phi) is 6.00. The summed E-state index contributed by atoms with van der Waals surface area (Å²) in [5.74, 6) is 0.779. The Morgan fingerprint density at radius 3 is 2.90 bits per heavy atom. The fourth-order valence-electron chi connectivity index (χ4n) is 3.79. The van der Waals surface area contributed by atoms with E-state index < -0.39 is 0 Å². The maximum Gasteiger partial charge on any atom is 0.337 e. The molecule has 0 bridgehead atoms. The van der Waals surface area contributed by atoms with Crippen molar-refractivity contribution in [3.63, 3.8) is 0 Å². The molecule has 29 heavy (non-hydrogen) atoms. The largest absolute Gasteiger partial charge is 0.465 e. The average molecular weight is 395 g/mol. The van der Waals surface area contributed by atoms with E-state index in [1.807, 2.05) is 23.1 Å². The van der Waals surface area contributed by atoms with Crippen LogP contribution < -0.4 is 0 Å². The summed E-state index contributed by atoms with van der Waals surface area (Å²) < 4.78 is 12.2. The Balaban J connectivity index is 1.39. The first kappa shape index (κ1) is 19.3. The second kappa shape index (κ2) is 9.00. The summed E-state index contributed by atoms with van der Waals surface area (Å²) in [6.07, 6.45) is 8.49. The minimum Gasteiger partial charge on any atom is -0.465 e. The molecule has 3 heterocycles. The minimum atomic E-state index is -0.364. The standard InChI is InChI=1S/C21H25N5O3/c1-28-21(27)17-8-6-16(7-9-17)20-23-19(29-24-20)15-25-12-3-2-5-18(25)10-14-26-13-4-11-22-26/h4,6-9,11,13,18H,2-3,5,10,12,14-15H2,1H3. The van der Waals surface area contributed by atoms with Crippen LogP contribution in [-0.2, 0) is 17.8 Å². The van der Waals surface area contributed by atoms with Gasteiger partial charge in [-0.15, -0.1) is 0 Å². The molecular formula is C21H25N5O3. The number of hydrogen-bond acceptors (Lipinski definition) is 7. The molecule has 1 aliphatic rings. The second-order valence-electron chi connectivity index (χ2n) is 7.26. The van der Waals surface area contributed by atoms with E-state index in [1.165, 1.54) is 26.4 Å². The molecule has 1 unspecified atom stereocenters. The van der Waals surface area contributed by atoms with Crippen molar-refractivity contribution in [2.24, 2.45) is 0 Å². The summed E-state index contributed by atoms with van der Waals surface area (Å²) in [6, 6.07) is 9.45. The quantitative estimate of drug-likeness (QED) is 0.568. The van der Waals surface area contributed by atoms with Crippen LogP contribution in [0.15, 0.2) is 47.2 Å². The summed E-state index contributed by atoms with van der Waals surface area (Å²) in [5, 5.41) is 8.41. The van der Waals surface area contributed by atoms with E-state index in [0.29, 0.717) is 29.9 Å². The van der Waals surface area contributed by atoms with E-state index in [0.717, 1.165) is 25.1 Å². The van der Waals surface area contributed by atoms with Gasteiger partial charge in [0.2, 0.25) is 11.7 Å². The van der Waals surface area contributed by atoms with Crippen molar-refractivity contribution in [2.75, 3.05) is 13.7 Å². The lowest BCUT2D eigenvalue weighted by Crippen LogP contribution is -2.39. The molecule has 0 spiro atoms. The molecule has 0 aliphatic carbocycles. The van der Waals surface area contributed by atoms with Gasteiger partial charge in [0.25, 0.3) is 0 Å². The molecule has 1 saturated heterocycles. The van der Waals surface area contributed by atoms with Gasteiger partial charge >= 0.3 is 5.97 Å². The van der Waals surface area contributed by atoms with Crippen LogP contribution in [0.4, 0.5) is 0 Å². The topological polar surface area (TPSA) is 86.3 Å². The number of carbonyl (C=O) groups excluding carboxylic acids is 1. The maximum atomic E-state index is 11.6. The third-order valence-electron chi connectivity index (χ3n) is 5.37. The van der Waals surface area contributed by atoms with Crippen molar-refractivity contribution >= 4 is 5.97 Å². The molecule has 8 nitrogen and oxygen atoms in total. The first-order valence-electron chi connectivity index (χ1n) is 9.96. The van der Waals surface area contributed by atoms with Gasteiger partial charge in [0.05, 0.1) is 19.2 Å². The van der Waals surface area contributed by atoms with Gasteiger partial charge in [-0.3, -0.25) is 9.58 Å². The van der Waals surface area contributed by atoms with E-state index in [-0.39, 0.29) is 5.97 Å². The number of aryl methyl sites for hydroxylation is 1. The smallest absolute Gasteiger partial charge is 0.337 e. The first-order chi connectivity index (χ1) is 14.2. The second-order valence-corrected chi connectivity index (χ2v) is 7.26. The molecule has 4 rings (SSSR count). The summed E-state index contributed by atoms with van der Waals surface area (Å²) in [7, 11) is 1.37. The number of nitrogens with zero attached hydrogens (tertiary/aromatic N) is 5. The van der Waals surface area contributed by atoms with E-state index in [9.17, 15) is 4.79 Å². The molecule has 0 radical (unpaired) electrons. The molecule has 152 valence electrons. The van der Waals surface area contributed by atoms with Crippen LogP contribution in [0.2, 0.25) is 0 Å². The summed E-state index contributed by atoms with van der Waals surface area (Å²) in [4.78, 5) is 18.6. The molecule has 1 fully saturated rings. The zero-order chi connectivity index (χ0) is 20.1. The van der Waals surface area contributed by atoms with E-state index in [2.05, 4.69) is 20.1 Å². The van der Waals surface area contributed by atoms with Crippen molar-refractivity contribution < 1.29 is 14.1 Å². The predicted octanol–water partition coefficient (Wildman–Crippen LogP) is 3.16. The molecular weight excluding hydrogens is 370 g/mol. The van der Waals surface area contributed by atoms with Crippen LogP contribution in [0.1, 0.15) is 41.9 Å². The Labute approximate surface area is 169 Å². The van der Waals surface area contributed by atoms with Gasteiger partial charge in [-0.05, 0) is 44.0 Å². The molecule has 1 aromatic carbocycles. The van der Waals surface area contributed by atoms with E-state index >= 15 is 0 Å². The van der Waals surface area contributed by atoms with Crippen LogP contribution in [0.5, 0.6) is 0 Å². The van der Waals surface area contributed by atoms with Crippen molar-refractivity contribution in [3.05, 3.63) is 54.2 Å². The third kappa shape index (κ3) is 4.71. The molecule has 1 aliphatic heterocycles. The SMILES string of the molecule is COC(=O)c1ccc(-c2noc(CN3CCCCC3CCn3cccn3)n2)cc1. The van der Waals surface area contributed by atoms with Crippen LogP contribution in [0.3, 0.4) is 0 Å². The number of methoxy groups -OCH3 is 1. The predicted molar refractivity (Wildman–Crippen MR) is 106 cm³/mol. The fourth-order valence-corrected chi connectivity index (χ4v) is 3.79. The van der Waals surface area contributed by atoms with Gasteiger partial charge in [-0.1, -0.05) is 23.7 Å². The zero-order valence-electron chi connectivity index (χ0n) is 16.5. The molecule has 0 saturated carbocycles. The number of esters is 1. The van der Waals surface area contributed by atoms with Crippen molar-refractivity contribution in [3.8, 4) is 11.4 Å². The highest BCUT2D eigenvalue weighted by atomic mass is 16.5. The van der Waals surface area contributed by atoms with Crippen molar-refractivity contribution in [1.82, 2.24) is 24.8 Å². The van der Waals surface area contributed by atoms with E-state index in [1.54, 1.807) is 24.3 Å². The Hall–Kier alpha value is -3.00. The summed E-state index contributed by atoms with van der Waals surface area (Å²) in [5.41, 5.74) is 1.30. The number of hydrogen-bond donors (Lipinski definition) is 0. The molecule has 0 N–H and O–H groups in total. The Morgan fingerprint density at radius 1 is 1.28 bits per heavy atom. The summed E-state index contributed by atoms with van der Waals surface area (Å²) in [6.45, 7) is 2.60. The minimum absolute atomic E-state index is 0.364. The molecule has 2 aromatic heterocycles. The van der Waals surface area contributed by atoms with Gasteiger partial charge < -0.3 is 9.26 Å². The van der Waals surface area contributed by atoms with Crippen molar-refractivity contribution in [2.45, 2.75) is 44.8 Å². The van der Waals surface area contributed by atoms with Crippen LogP contribution in [-0.4, -0.2) is 50.5 Å². The Bertz CT molecular complexity index is 920. The highest BCUT2D eigenvalue weighted by molar-refractivity contribution is 5.89. The molecule has 3 aromatic rings. The lowest BCUT2D eigenvalue weighted by Gasteiger charge is -2.34. The highest BCUT2D eigenvalue weighted by Gasteiger charge is 2.24. The number of rotatable bonds is 7. The lowest BCUT2D eigenvalue weighted by molar-refractivity contribution is 0.0600. The van der Waals surface area contributed by atoms with Gasteiger partial charge in [0.15, 0.2) is 0 Å². The normalized spacial score (nSPS) is 17.3. The fraction of sp³-hybridized carbons (Fsp3) is 0.429. The summed E-state index contributed by atoms with van der Waals surface area (Å²) >= 11 is 0. The third-order valence-corrected chi connectivity index (χ3v) is 5.37. The highest BCUT2D eigenvalue weighted by Crippen LogP contribution is 2.23. The number of aromatic nitrogens is 4. The molecule has 8 heteroatoms. The van der Waals surface area contributed by atoms with Crippen LogP contribution >= 0.6 is 0 Å². The van der Waals surface area contributed by atoms with Crippen LogP contribution in [0.25, 0.3) is 11.4 Å². The average Bonchev–Trinajstić information content (AvgIpc) is 3.45. The van der Waals surface area contributed by atoms with Gasteiger partial charge in [0, 0.05) is 30.5 Å². The van der Waals surface area contributed by atoms with Gasteiger partial charge in [-0.25, -0.2) is 4.79 Å². The number of piperidine rings is 1. The Morgan fingerprint density at radius 2 is 2.14 bits per heavy atom. The van der Waals surface area contributed by atoms with Crippen molar-refractivity contribution in [1.29, 1.82) is 0 Å². The van der Waals surface area contributed by atoms with Gasteiger partial charge in [0.1, 0.15) is 0 Å². The monoisotopic (exact) mass is 395 g/mol. The molecule has 0 amide bonds. The molecule has 1 atom stereocenters.